The first kappa shape index (κ1) is 17.5. The van der Waals surface area contributed by atoms with Gasteiger partial charge < -0.3 is 14.2 Å². The van der Waals surface area contributed by atoms with Gasteiger partial charge >= 0.3 is 5.97 Å². The molecule has 1 unspecified atom stereocenters. The molecule has 1 aromatic carbocycles. The summed E-state index contributed by atoms with van der Waals surface area (Å²) in [4.78, 5) is 16.1. The zero-order valence-electron chi connectivity index (χ0n) is 14.0. The second kappa shape index (κ2) is 7.70. The van der Waals surface area contributed by atoms with E-state index in [0.29, 0.717) is 17.0 Å². The number of benzene rings is 1. The summed E-state index contributed by atoms with van der Waals surface area (Å²) >= 11 is 3.24. The highest BCUT2D eigenvalue weighted by Crippen LogP contribution is 2.35. The van der Waals surface area contributed by atoms with Crippen LogP contribution < -0.4 is 14.2 Å². The SMILES string of the molecule is CCOc1cc2c(cc1/C=C/C(=O)Oc1cccnc1Br)OC(C)C2. The van der Waals surface area contributed by atoms with Crippen LogP contribution in [0.2, 0.25) is 0 Å². The summed E-state index contributed by atoms with van der Waals surface area (Å²) in [6.07, 6.45) is 5.65. The molecular formula is C19H18BrNO4. The summed E-state index contributed by atoms with van der Waals surface area (Å²) in [7, 11) is 0. The number of hydrogen-bond donors (Lipinski definition) is 0. The van der Waals surface area contributed by atoms with Crippen molar-refractivity contribution in [1.29, 1.82) is 0 Å². The maximum Gasteiger partial charge on any atom is 0.336 e. The highest BCUT2D eigenvalue weighted by Gasteiger charge is 2.21. The summed E-state index contributed by atoms with van der Waals surface area (Å²) in [5.41, 5.74) is 1.90. The van der Waals surface area contributed by atoms with Gasteiger partial charge in [-0.25, -0.2) is 9.78 Å². The van der Waals surface area contributed by atoms with Gasteiger partial charge in [-0.3, -0.25) is 0 Å². The third-order valence-electron chi connectivity index (χ3n) is 3.66. The number of pyridine rings is 1. The molecule has 1 atom stereocenters. The van der Waals surface area contributed by atoms with Crippen LogP contribution in [0.5, 0.6) is 17.2 Å². The Hall–Kier alpha value is -2.34. The highest BCUT2D eigenvalue weighted by atomic mass is 79.9. The van der Waals surface area contributed by atoms with Crippen LogP contribution in [0.4, 0.5) is 0 Å². The number of esters is 1. The molecule has 0 fully saturated rings. The van der Waals surface area contributed by atoms with Gasteiger partial charge in [0.15, 0.2) is 5.75 Å². The number of aromatic nitrogens is 1. The van der Waals surface area contributed by atoms with Crippen LogP contribution in [0.25, 0.3) is 6.08 Å². The maximum absolute atomic E-state index is 12.1. The van der Waals surface area contributed by atoms with E-state index in [1.807, 2.05) is 26.0 Å². The van der Waals surface area contributed by atoms with Crippen LogP contribution in [0.3, 0.4) is 0 Å². The molecule has 0 saturated heterocycles. The molecule has 0 aliphatic carbocycles. The van der Waals surface area contributed by atoms with Crippen LogP contribution in [0, 0.1) is 0 Å². The third-order valence-corrected chi connectivity index (χ3v) is 4.26. The molecule has 2 heterocycles. The van der Waals surface area contributed by atoms with Crippen LogP contribution >= 0.6 is 15.9 Å². The minimum absolute atomic E-state index is 0.150. The molecule has 25 heavy (non-hydrogen) atoms. The van der Waals surface area contributed by atoms with Crippen molar-refractivity contribution in [2.75, 3.05) is 6.61 Å². The number of nitrogens with zero attached hydrogens (tertiary/aromatic N) is 1. The lowest BCUT2D eigenvalue weighted by molar-refractivity contribution is -0.128. The Balaban J connectivity index is 1.79. The van der Waals surface area contributed by atoms with E-state index in [9.17, 15) is 4.79 Å². The van der Waals surface area contributed by atoms with Crippen molar-refractivity contribution in [3.8, 4) is 17.2 Å². The zero-order valence-corrected chi connectivity index (χ0v) is 15.6. The van der Waals surface area contributed by atoms with Crippen molar-refractivity contribution in [3.05, 3.63) is 52.3 Å². The van der Waals surface area contributed by atoms with Gasteiger partial charge in [-0.05, 0) is 60.1 Å². The Morgan fingerprint density at radius 2 is 2.28 bits per heavy atom. The molecule has 0 saturated carbocycles. The van der Waals surface area contributed by atoms with Crippen LogP contribution in [0.15, 0.2) is 41.1 Å². The minimum atomic E-state index is -0.495. The quantitative estimate of drug-likeness (QED) is 0.425. The summed E-state index contributed by atoms with van der Waals surface area (Å²) in [5, 5.41) is 0. The lowest BCUT2D eigenvalue weighted by atomic mass is 10.1. The highest BCUT2D eigenvalue weighted by molar-refractivity contribution is 9.10. The first-order chi connectivity index (χ1) is 12.1. The fraction of sp³-hybridized carbons (Fsp3) is 0.263. The van der Waals surface area contributed by atoms with Crippen molar-refractivity contribution in [2.45, 2.75) is 26.4 Å². The summed E-state index contributed by atoms with van der Waals surface area (Å²) in [6.45, 7) is 4.50. The van der Waals surface area contributed by atoms with Gasteiger partial charge in [0.2, 0.25) is 0 Å². The first-order valence-corrected chi connectivity index (χ1v) is 8.83. The molecule has 3 rings (SSSR count). The van der Waals surface area contributed by atoms with Crippen molar-refractivity contribution < 1.29 is 19.0 Å². The van der Waals surface area contributed by atoms with Gasteiger partial charge in [0.1, 0.15) is 22.2 Å². The molecule has 1 aromatic heterocycles. The van der Waals surface area contributed by atoms with E-state index in [4.69, 9.17) is 14.2 Å². The standard InChI is InChI=1S/C19H18BrNO4/c1-3-23-16-11-14-9-12(2)24-17(14)10-13(16)6-7-18(22)25-15-5-4-8-21-19(15)20/h4-8,10-12H,3,9H2,1-2H3/b7-6+. The fourth-order valence-electron chi connectivity index (χ4n) is 2.61. The van der Waals surface area contributed by atoms with E-state index in [0.717, 1.165) is 29.0 Å². The summed E-state index contributed by atoms with van der Waals surface area (Å²) in [5.74, 6) is 1.43. The average Bonchev–Trinajstić information content (AvgIpc) is 2.94. The molecular weight excluding hydrogens is 386 g/mol. The molecule has 0 bridgehead atoms. The molecule has 1 aliphatic heterocycles. The number of halogens is 1. The predicted octanol–water partition coefficient (Wildman–Crippen LogP) is 4.19. The van der Waals surface area contributed by atoms with Gasteiger partial charge in [0.05, 0.1) is 6.61 Å². The topological polar surface area (TPSA) is 57.7 Å². The van der Waals surface area contributed by atoms with Gasteiger partial charge in [-0.2, -0.15) is 0 Å². The average molecular weight is 404 g/mol. The number of ether oxygens (including phenoxy) is 3. The van der Waals surface area contributed by atoms with E-state index < -0.39 is 5.97 Å². The zero-order chi connectivity index (χ0) is 17.8. The Kier molecular flexibility index (Phi) is 5.38. The third kappa shape index (κ3) is 4.20. The first-order valence-electron chi connectivity index (χ1n) is 8.03. The van der Waals surface area contributed by atoms with Crippen LogP contribution in [-0.2, 0) is 11.2 Å². The predicted molar refractivity (Wildman–Crippen MR) is 98.0 cm³/mol. The van der Waals surface area contributed by atoms with E-state index in [1.54, 1.807) is 24.4 Å². The number of rotatable bonds is 5. The molecule has 0 radical (unpaired) electrons. The summed E-state index contributed by atoms with van der Waals surface area (Å²) < 4.78 is 17.2. The second-order valence-corrected chi connectivity index (χ2v) is 6.36. The molecule has 1 aliphatic rings. The molecule has 130 valence electrons. The lowest BCUT2D eigenvalue weighted by Crippen LogP contribution is -2.05. The lowest BCUT2D eigenvalue weighted by Gasteiger charge is -2.10. The largest absolute Gasteiger partial charge is 0.493 e. The van der Waals surface area contributed by atoms with Crippen molar-refractivity contribution in [2.24, 2.45) is 0 Å². The van der Waals surface area contributed by atoms with E-state index in [2.05, 4.69) is 20.9 Å². The second-order valence-electron chi connectivity index (χ2n) is 5.61. The smallest absolute Gasteiger partial charge is 0.336 e. The van der Waals surface area contributed by atoms with E-state index in [-0.39, 0.29) is 6.10 Å². The molecule has 2 aromatic rings. The number of hydrogen-bond acceptors (Lipinski definition) is 5. The van der Waals surface area contributed by atoms with Crippen molar-refractivity contribution >= 4 is 28.0 Å². The Labute approximate surface area is 154 Å². The molecule has 6 heteroatoms. The minimum Gasteiger partial charge on any atom is -0.493 e. The van der Waals surface area contributed by atoms with Gasteiger partial charge in [-0.15, -0.1) is 0 Å². The number of fused-ring (bicyclic) bond motifs is 1. The van der Waals surface area contributed by atoms with Crippen LogP contribution in [-0.4, -0.2) is 23.7 Å². The Morgan fingerprint density at radius 3 is 3.04 bits per heavy atom. The Morgan fingerprint density at radius 1 is 1.44 bits per heavy atom. The summed E-state index contributed by atoms with van der Waals surface area (Å²) in [6, 6.07) is 7.24. The molecule has 0 amide bonds. The van der Waals surface area contributed by atoms with Crippen molar-refractivity contribution in [1.82, 2.24) is 4.98 Å². The van der Waals surface area contributed by atoms with Gasteiger partial charge in [0, 0.05) is 29.8 Å². The molecule has 0 spiro atoms. The van der Waals surface area contributed by atoms with E-state index in [1.165, 1.54) is 6.08 Å². The monoisotopic (exact) mass is 403 g/mol. The maximum atomic E-state index is 12.1. The van der Waals surface area contributed by atoms with Gasteiger partial charge in [-0.1, -0.05) is 0 Å². The van der Waals surface area contributed by atoms with E-state index >= 15 is 0 Å². The normalized spacial score (nSPS) is 15.7. The molecule has 5 nitrogen and oxygen atoms in total. The number of carbonyl (C=O) groups is 1. The van der Waals surface area contributed by atoms with Gasteiger partial charge in [0.25, 0.3) is 0 Å². The Bertz CT molecular complexity index is 819. The van der Waals surface area contributed by atoms with Crippen LogP contribution in [0.1, 0.15) is 25.0 Å². The van der Waals surface area contributed by atoms with Crippen molar-refractivity contribution in [3.63, 3.8) is 0 Å². The fourth-order valence-corrected chi connectivity index (χ4v) is 2.94. The molecule has 0 N–H and O–H groups in total. The number of carbonyl (C=O) groups excluding carboxylic acids is 1.